The molecule has 1 aliphatic rings. The van der Waals surface area contributed by atoms with E-state index in [1.165, 1.54) is 24.3 Å². The third kappa shape index (κ3) is 4.24. The SMILES string of the molecule is CC(C)(C)c1nc(NN)cc(NCC2CCSCC2)n1. The van der Waals surface area contributed by atoms with Crippen LogP contribution in [-0.2, 0) is 5.41 Å². The highest BCUT2D eigenvalue weighted by atomic mass is 32.2. The molecule has 1 aliphatic heterocycles. The zero-order valence-electron chi connectivity index (χ0n) is 12.6. The minimum Gasteiger partial charge on any atom is -0.370 e. The molecule has 1 aromatic rings. The van der Waals surface area contributed by atoms with Crippen molar-refractivity contribution in [3.63, 3.8) is 0 Å². The summed E-state index contributed by atoms with van der Waals surface area (Å²) in [5.74, 6) is 11.1. The van der Waals surface area contributed by atoms with Crippen molar-refractivity contribution in [3.8, 4) is 0 Å². The van der Waals surface area contributed by atoms with Crippen molar-refractivity contribution in [1.29, 1.82) is 0 Å². The Kier molecular flexibility index (Phi) is 5.10. The summed E-state index contributed by atoms with van der Waals surface area (Å²) >= 11 is 2.05. The van der Waals surface area contributed by atoms with E-state index in [0.717, 1.165) is 24.1 Å². The maximum Gasteiger partial charge on any atom is 0.145 e. The number of nitrogens with zero attached hydrogens (tertiary/aromatic N) is 2. The van der Waals surface area contributed by atoms with Crippen molar-refractivity contribution in [2.24, 2.45) is 11.8 Å². The second kappa shape index (κ2) is 6.63. The van der Waals surface area contributed by atoms with Crippen LogP contribution in [0.25, 0.3) is 0 Å². The number of rotatable bonds is 4. The molecule has 20 heavy (non-hydrogen) atoms. The van der Waals surface area contributed by atoms with E-state index in [1.807, 2.05) is 6.07 Å². The Hall–Kier alpha value is -1.01. The number of hydrazine groups is 1. The van der Waals surface area contributed by atoms with Crippen LogP contribution in [0.3, 0.4) is 0 Å². The molecule has 0 atom stereocenters. The van der Waals surface area contributed by atoms with Crippen LogP contribution in [0.1, 0.15) is 39.4 Å². The van der Waals surface area contributed by atoms with Gasteiger partial charge in [0.1, 0.15) is 17.5 Å². The van der Waals surface area contributed by atoms with Crippen LogP contribution in [0.4, 0.5) is 11.6 Å². The van der Waals surface area contributed by atoms with Crippen molar-refractivity contribution in [2.45, 2.75) is 39.0 Å². The lowest BCUT2D eigenvalue weighted by molar-refractivity contribution is 0.513. The smallest absolute Gasteiger partial charge is 0.145 e. The van der Waals surface area contributed by atoms with Crippen molar-refractivity contribution in [2.75, 3.05) is 28.8 Å². The molecule has 2 rings (SSSR count). The van der Waals surface area contributed by atoms with Crippen LogP contribution >= 0.6 is 11.8 Å². The average Bonchev–Trinajstić information content (AvgIpc) is 2.45. The first kappa shape index (κ1) is 15.4. The minimum atomic E-state index is -0.0925. The van der Waals surface area contributed by atoms with Gasteiger partial charge in [0.05, 0.1) is 0 Å². The first-order valence-electron chi connectivity index (χ1n) is 7.17. The first-order valence-corrected chi connectivity index (χ1v) is 8.32. The molecule has 5 nitrogen and oxygen atoms in total. The fourth-order valence-corrected chi connectivity index (χ4v) is 3.35. The van der Waals surface area contributed by atoms with E-state index < -0.39 is 0 Å². The fourth-order valence-electron chi connectivity index (χ4n) is 2.15. The lowest BCUT2D eigenvalue weighted by atomic mass is 9.96. The molecule has 0 aromatic carbocycles. The van der Waals surface area contributed by atoms with Crippen LogP contribution in [0.2, 0.25) is 0 Å². The highest BCUT2D eigenvalue weighted by Gasteiger charge is 2.19. The Bertz CT molecular complexity index is 438. The van der Waals surface area contributed by atoms with Crippen LogP contribution in [-0.4, -0.2) is 28.0 Å². The summed E-state index contributed by atoms with van der Waals surface area (Å²) in [6.45, 7) is 7.28. The number of thioether (sulfide) groups is 1. The van der Waals surface area contributed by atoms with Gasteiger partial charge in [0.25, 0.3) is 0 Å². The van der Waals surface area contributed by atoms with Crippen LogP contribution in [0.15, 0.2) is 6.07 Å². The third-order valence-corrected chi connectivity index (χ3v) is 4.51. The van der Waals surface area contributed by atoms with Crippen molar-refractivity contribution < 1.29 is 0 Å². The Morgan fingerprint density at radius 1 is 1.25 bits per heavy atom. The summed E-state index contributed by atoms with van der Waals surface area (Å²) in [4.78, 5) is 9.04. The molecule has 0 unspecified atom stereocenters. The van der Waals surface area contributed by atoms with E-state index in [1.54, 1.807) is 0 Å². The molecule has 1 fully saturated rings. The monoisotopic (exact) mass is 295 g/mol. The summed E-state index contributed by atoms with van der Waals surface area (Å²) < 4.78 is 0. The molecule has 1 saturated heterocycles. The summed E-state index contributed by atoms with van der Waals surface area (Å²) in [5.41, 5.74) is 2.53. The van der Waals surface area contributed by atoms with E-state index in [-0.39, 0.29) is 5.41 Å². The molecule has 0 bridgehead atoms. The quantitative estimate of drug-likeness (QED) is 0.585. The normalized spacial score (nSPS) is 17.0. The molecule has 4 N–H and O–H groups in total. The van der Waals surface area contributed by atoms with E-state index in [4.69, 9.17) is 5.84 Å². The number of aromatic nitrogens is 2. The Labute approximate surface area is 125 Å². The highest BCUT2D eigenvalue weighted by Crippen LogP contribution is 2.24. The molecule has 1 aromatic heterocycles. The zero-order valence-corrected chi connectivity index (χ0v) is 13.4. The van der Waals surface area contributed by atoms with Gasteiger partial charge >= 0.3 is 0 Å². The van der Waals surface area contributed by atoms with Gasteiger partial charge in [0.15, 0.2) is 0 Å². The molecule has 112 valence electrons. The van der Waals surface area contributed by atoms with Crippen LogP contribution in [0.5, 0.6) is 0 Å². The maximum absolute atomic E-state index is 5.50. The number of nitrogen functional groups attached to an aromatic ring is 1. The Morgan fingerprint density at radius 2 is 1.90 bits per heavy atom. The highest BCUT2D eigenvalue weighted by molar-refractivity contribution is 7.99. The maximum atomic E-state index is 5.50. The van der Waals surface area contributed by atoms with Gasteiger partial charge in [-0.15, -0.1) is 0 Å². The van der Waals surface area contributed by atoms with Crippen LogP contribution in [0, 0.1) is 5.92 Å². The van der Waals surface area contributed by atoms with Gasteiger partial charge < -0.3 is 10.7 Å². The molecule has 2 heterocycles. The molecule has 0 saturated carbocycles. The van der Waals surface area contributed by atoms with Crippen LogP contribution < -0.4 is 16.6 Å². The average molecular weight is 295 g/mol. The molecule has 0 aliphatic carbocycles. The summed E-state index contributed by atoms with van der Waals surface area (Å²) in [5, 5.41) is 3.45. The van der Waals surface area contributed by atoms with Gasteiger partial charge in [0, 0.05) is 18.0 Å². The van der Waals surface area contributed by atoms with E-state index in [2.05, 4.69) is 53.2 Å². The van der Waals surface area contributed by atoms with E-state index in [0.29, 0.717) is 5.82 Å². The number of anilines is 2. The number of nitrogens with two attached hydrogens (primary N) is 1. The van der Waals surface area contributed by atoms with Gasteiger partial charge in [-0.25, -0.2) is 15.8 Å². The van der Waals surface area contributed by atoms with Gasteiger partial charge in [-0.05, 0) is 30.3 Å². The number of hydrogen-bond acceptors (Lipinski definition) is 6. The second-order valence-corrected chi connectivity index (χ2v) is 7.52. The minimum absolute atomic E-state index is 0.0925. The molecule has 0 amide bonds. The molecule has 0 radical (unpaired) electrons. The van der Waals surface area contributed by atoms with Crippen molar-refractivity contribution in [3.05, 3.63) is 11.9 Å². The molecule has 0 spiro atoms. The molecular weight excluding hydrogens is 270 g/mol. The second-order valence-electron chi connectivity index (χ2n) is 6.29. The lowest BCUT2D eigenvalue weighted by Gasteiger charge is -2.23. The molecular formula is C14H25N5S. The number of nitrogens with one attached hydrogen (secondary N) is 2. The van der Waals surface area contributed by atoms with Gasteiger partial charge in [0.2, 0.25) is 0 Å². The standard InChI is InChI=1S/C14H25N5S/c1-14(2,3)13-17-11(8-12(18-13)19-15)16-9-10-4-6-20-7-5-10/h8,10H,4-7,9,15H2,1-3H3,(H2,16,17,18,19). The topological polar surface area (TPSA) is 75.9 Å². The largest absolute Gasteiger partial charge is 0.370 e. The summed E-state index contributed by atoms with van der Waals surface area (Å²) in [6, 6.07) is 1.87. The number of hydrogen-bond donors (Lipinski definition) is 3. The van der Waals surface area contributed by atoms with Crippen molar-refractivity contribution in [1.82, 2.24) is 9.97 Å². The predicted octanol–water partition coefficient (Wildman–Crippen LogP) is 2.61. The Morgan fingerprint density at radius 3 is 2.50 bits per heavy atom. The summed E-state index contributed by atoms with van der Waals surface area (Å²) in [7, 11) is 0. The van der Waals surface area contributed by atoms with Gasteiger partial charge in [-0.3, -0.25) is 0 Å². The van der Waals surface area contributed by atoms with Gasteiger partial charge in [-0.1, -0.05) is 20.8 Å². The third-order valence-electron chi connectivity index (χ3n) is 3.46. The van der Waals surface area contributed by atoms with Gasteiger partial charge in [-0.2, -0.15) is 11.8 Å². The fraction of sp³-hybridized carbons (Fsp3) is 0.714. The zero-order chi connectivity index (χ0) is 14.6. The molecule has 6 heteroatoms. The van der Waals surface area contributed by atoms with E-state index >= 15 is 0 Å². The Balaban J connectivity index is 2.06. The lowest BCUT2D eigenvalue weighted by Crippen LogP contribution is -2.22. The van der Waals surface area contributed by atoms with E-state index in [9.17, 15) is 0 Å². The summed E-state index contributed by atoms with van der Waals surface area (Å²) in [6.07, 6.45) is 2.58. The predicted molar refractivity (Wildman–Crippen MR) is 87.1 cm³/mol. The van der Waals surface area contributed by atoms with Crippen molar-refractivity contribution >= 4 is 23.4 Å². The first-order chi connectivity index (χ1) is 9.49.